The minimum absolute atomic E-state index is 0.0152. The van der Waals surface area contributed by atoms with Gasteiger partial charge in [0.2, 0.25) is 0 Å². The first-order chi connectivity index (χ1) is 10.7. The average molecular weight is 313 g/mol. The molecule has 2 aromatic heterocycles. The molecular weight excluding hydrogens is 298 g/mol. The molecule has 7 heteroatoms. The van der Waals surface area contributed by atoms with Crippen LogP contribution in [0.15, 0.2) is 48.6 Å². The Labute approximate surface area is 132 Å². The summed E-state index contributed by atoms with van der Waals surface area (Å²) in [4.78, 5) is 19.5. The van der Waals surface area contributed by atoms with Crippen molar-refractivity contribution in [3.05, 3.63) is 59.1 Å². The van der Waals surface area contributed by atoms with Crippen LogP contribution in [0.2, 0.25) is 0 Å². The number of amides is 1. The number of hydrogen-bond donors (Lipinski definition) is 0. The molecule has 0 spiro atoms. The van der Waals surface area contributed by atoms with E-state index >= 15 is 0 Å². The highest BCUT2D eigenvalue weighted by molar-refractivity contribution is 7.09. The van der Waals surface area contributed by atoms with Crippen LogP contribution in [0.1, 0.15) is 28.2 Å². The molecule has 22 heavy (non-hydrogen) atoms. The fourth-order valence-corrected chi connectivity index (χ4v) is 2.86. The topological polar surface area (TPSA) is 63.9 Å². The van der Waals surface area contributed by atoms with Crippen LogP contribution in [-0.4, -0.2) is 37.6 Å². The molecule has 0 bridgehead atoms. The Hall–Kier alpha value is -2.54. The second-order valence-corrected chi connectivity index (χ2v) is 5.83. The smallest absolute Gasteiger partial charge is 0.254 e. The Morgan fingerprint density at radius 1 is 1.32 bits per heavy atom. The van der Waals surface area contributed by atoms with E-state index in [9.17, 15) is 4.79 Å². The van der Waals surface area contributed by atoms with Gasteiger partial charge in [0.15, 0.2) is 0 Å². The predicted molar refractivity (Wildman–Crippen MR) is 84.0 cm³/mol. The molecular formula is C15H15N5OS. The summed E-state index contributed by atoms with van der Waals surface area (Å²) in [6.07, 6.45) is 5.01. The number of rotatable bonds is 4. The highest BCUT2D eigenvalue weighted by Crippen LogP contribution is 2.24. The Morgan fingerprint density at radius 2 is 2.09 bits per heavy atom. The maximum Gasteiger partial charge on any atom is 0.254 e. The summed E-state index contributed by atoms with van der Waals surface area (Å²) in [7, 11) is 1.80. The van der Waals surface area contributed by atoms with Gasteiger partial charge in [-0.3, -0.25) is 14.3 Å². The number of aromatic nitrogens is 4. The van der Waals surface area contributed by atoms with Crippen LogP contribution in [-0.2, 0) is 0 Å². The molecule has 0 aliphatic rings. The summed E-state index contributed by atoms with van der Waals surface area (Å²) in [5, 5.41) is 7.56. The summed E-state index contributed by atoms with van der Waals surface area (Å²) in [6.45, 7) is 2.00. The van der Waals surface area contributed by atoms with E-state index in [-0.39, 0.29) is 11.9 Å². The van der Waals surface area contributed by atoms with Gasteiger partial charge in [0.1, 0.15) is 12.7 Å². The molecule has 1 amide bonds. The van der Waals surface area contributed by atoms with Crippen LogP contribution in [0.4, 0.5) is 0 Å². The molecule has 0 N–H and O–H groups in total. The second kappa shape index (κ2) is 6.07. The first-order valence-electron chi connectivity index (χ1n) is 6.77. The second-order valence-electron chi connectivity index (χ2n) is 4.92. The maximum atomic E-state index is 12.7. The molecule has 3 rings (SSSR count). The summed E-state index contributed by atoms with van der Waals surface area (Å²) < 4.78 is 1.77. The molecule has 0 aliphatic heterocycles. The molecule has 0 fully saturated rings. The van der Waals surface area contributed by atoms with Crippen LogP contribution in [0, 0.1) is 0 Å². The molecule has 0 saturated carbocycles. The van der Waals surface area contributed by atoms with E-state index in [1.165, 1.54) is 0 Å². The van der Waals surface area contributed by atoms with E-state index in [1.807, 2.05) is 31.2 Å². The van der Waals surface area contributed by atoms with Gasteiger partial charge in [-0.15, -0.1) is 21.5 Å². The lowest BCUT2D eigenvalue weighted by atomic mass is 10.1. The van der Waals surface area contributed by atoms with Crippen LogP contribution >= 0.6 is 11.3 Å². The van der Waals surface area contributed by atoms with Gasteiger partial charge in [-0.05, 0) is 25.1 Å². The highest BCUT2D eigenvalue weighted by Gasteiger charge is 2.20. The van der Waals surface area contributed by atoms with E-state index < -0.39 is 0 Å². The van der Waals surface area contributed by atoms with Crippen LogP contribution < -0.4 is 0 Å². The van der Waals surface area contributed by atoms with Gasteiger partial charge >= 0.3 is 0 Å². The van der Waals surface area contributed by atoms with E-state index in [4.69, 9.17) is 0 Å². The van der Waals surface area contributed by atoms with Gasteiger partial charge in [0.05, 0.1) is 11.6 Å². The van der Waals surface area contributed by atoms with Crippen molar-refractivity contribution in [2.24, 2.45) is 0 Å². The third kappa shape index (κ3) is 2.75. The van der Waals surface area contributed by atoms with Crippen LogP contribution in [0.5, 0.6) is 0 Å². The lowest BCUT2D eigenvalue weighted by molar-refractivity contribution is 0.0745. The molecule has 0 aliphatic carbocycles. The van der Waals surface area contributed by atoms with Crippen LogP contribution in [0.3, 0.4) is 0 Å². The number of thiazole rings is 1. The number of hydrogen-bond acceptors (Lipinski definition) is 5. The first-order valence-corrected chi connectivity index (χ1v) is 7.65. The van der Waals surface area contributed by atoms with E-state index in [0.717, 1.165) is 10.6 Å². The van der Waals surface area contributed by atoms with Crippen LogP contribution in [0.25, 0.3) is 5.69 Å². The molecule has 0 unspecified atom stereocenters. The van der Waals surface area contributed by atoms with Crippen molar-refractivity contribution in [2.45, 2.75) is 13.0 Å². The van der Waals surface area contributed by atoms with E-state index in [0.29, 0.717) is 5.56 Å². The fraction of sp³-hybridized carbons (Fsp3) is 0.200. The minimum Gasteiger partial charge on any atom is -0.334 e. The zero-order chi connectivity index (χ0) is 15.5. The van der Waals surface area contributed by atoms with Crippen molar-refractivity contribution in [1.29, 1.82) is 0 Å². The Kier molecular flexibility index (Phi) is 3.97. The zero-order valence-corrected chi connectivity index (χ0v) is 13.1. The van der Waals surface area contributed by atoms with Crippen molar-refractivity contribution in [3.63, 3.8) is 0 Å². The van der Waals surface area contributed by atoms with Crippen molar-refractivity contribution in [3.8, 4) is 5.69 Å². The van der Waals surface area contributed by atoms with Crippen molar-refractivity contribution in [2.75, 3.05) is 7.05 Å². The molecule has 3 aromatic rings. The normalized spacial score (nSPS) is 12.1. The fourth-order valence-electron chi connectivity index (χ4n) is 2.14. The number of carbonyl (C=O) groups is 1. The van der Waals surface area contributed by atoms with Gasteiger partial charge in [0.25, 0.3) is 5.91 Å². The van der Waals surface area contributed by atoms with Crippen molar-refractivity contribution < 1.29 is 4.79 Å². The Bertz CT molecular complexity index is 754. The molecule has 0 radical (unpaired) electrons. The van der Waals surface area contributed by atoms with Gasteiger partial charge in [-0.25, -0.2) is 0 Å². The molecule has 112 valence electrons. The van der Waals surface area contributed by atoms with Gasteiger partial charge in [-0.1, -0.05) is 6.07 Å². The average Bonchev–Trinajstić information content (AvgIpc) is 3.25. The Morgan fingerprint density at radius 3 is 2.77 bits per heavy atom. The molecule has 1 atom stereocenters. The molecule has 1 aromatic carbocycles. The van der Waals surface area contributed by atoms with E-state index in [1.54, 1.807) is 52.2 Å². The van der Waals surface area contributed by atoms with E-state index in [2.05, 4.69) is 15.2 Å². The quantitative estimate of drug-likeness (QED) is 0.742. The standard InChI is InChI=1S/C15H15N5OS/c1-11(14-7-16-10-22-14)19(2)15(21)12-4-3-5-13(6-12)20-8-17-18-9-20/h3-11H,1-2H3/t11-/m0/s1. The zero-order valence-electron chi connectivity index (χ0n) is 12.2. The monoisotopic (exact) mass is 313 g/mol. The summed E-state index contributed by atoms with van der Waals surface area (Å²) >= 11 is 1.55. The Balaban J connectivity index is 1.84. The molecule has 6 nitrogen and oxygen atoms in total. The summed E-state index contributed by atoms with van der Waals surface area (Å²) in [5.74, 6) is -0.0316. The third-order valence-corrected chi connectivity index (χ3v) is 4.52. The SMILES string of the molecule is C[C@@H](c1cncs1)N(C)C(=O)c1cccc(-n2cnnc2)c1. The maximum absolute atomic E-state index is 12.7. The molecule has 0 saturated heterocycles. The number of carbonyl (C=O) groups excluding carboxylic acids is 1. The predicted octanol–water partition coefficient (Wildman–Crippen LogP) is 2.56. The number of nitrogens with zero attached hydrogens (tertiary/aromatic N) is 5. The van der Waals surface area contributed by atoms with Gasteiger partial charge < -0.3 is 4.90 Å². The third-order valence-electron chi connectivity index (χ3n) is 3.57. The van der Waals surface area contributed by atoms with Gasteiger partial charge in [0, 0.05) is 29.4 Å². The lowest BCUT2D eigenvalue weighted by Crippen LogP contribution is -2.29. The number of benzene rings is 1. The lowest BCUT2D eigenvalue weighted by Gasteiger charge is -2.24. The minimum atomic E-state index is -0.0316. The van der Waals surface area contributed by atoms with Crippen molar-refractivity contribution >= 4 is 17.2 Å². The summed E-state index contributed by atoms with van der Waals surface area (Å²) in [6, 6.07) is 7.40. The highest BCUT2D eigenvalue weighted by atomic mass is 32.1. The van der Waals surface area contributed by atoms with Crippen molar-refractivity contribution in [1.82, 2.24) is 24.6 Å². The van der Waals surface area contributed by atoms with Gasteiger partial charge in [-0.2, -0.15) is 0 Å². The molecule has 2 heterocycles. The summed E-state index contributed by atoms with van der Waals surface area (Å²) in [5.41, 5.74) is 3.26. The largest absolute Gasteiger partial charge is 0.334 e. The first kappa shape index (κ1) is 14.4.